The minimum Gasteiger partial charge on any atom is -0.393 e. The molecule has 1 unspecified atom stereocenters. The molecule has 0 saturated heterocycles. The fourth-order valence-electron chi connectivity index (χ4n) is 4.72. The molecular weight excluding hydrogens is 527 g/mol. The van der Waals surface area contributed by atoms with Crippen molar-refractivity contribution in [2.24, 2.45) is 0 Å². The summed E-state index contributed by atoms with van der Waals surface area (Å²) in [5.41, 5.74) is 1.61. The molecular formula is C25H21BrCl2N2O3. The first kappa shape index (κ1) is 22.8. The van der Waals surface area contributed by atoms with Crippen molar-refractivity contribution < 1.29 is 14.6 Å². The maximum atomic E-state index is 13.8. The van der Waals surface area contributed by atoms with Crippen molar-refractivity contribution in [3.63, 3.8) is 0 Å². The first-order chi connectivity index (χ1) is 15.9. The predicted octanol–water partition coefficient (Wildman–Crippen LogP) is 5.94. The Bertz CT molecular complexity index is 1190. The zero-order valence-electron chi connectivity index (χ0n) is 17.5. The maximum absolute atomic E-state index is 13.8. The van der Waals surface area contributed by atoms with Gasteiger partial charge in [-0.15, -0.1) is 0 Å². The summed E-state index contributed by atoms with van der Waals surface area (Å²) in [5, 5.41) is 11.3. The fraction of sp³-hybridized carbons (Fsp3) is 0.280. The molecule has 1 fully saturated rings. The summed E-state index contributed by atoms with van der Waals surface area (Å²) in [4.78, 5) is 19.9. The Morgan fingerprint density at radius 2 is 1.85 bits per heavy atom. The Kier molecular flexibility index (Phi) is 6.23. The van der Waals surface area contributed by atoms with Gasteiger partial charge in [0.15, 0.2) is 5.72 Å². The number of aromatic nitrogens is 1. The highest BCUT2D eigenvalue weighted by atomic mass is 79.9. The molecule has 1 saturated carbocycles. The van der Waals surface area contributed by atoms with Gasteiger partial charge in [0.05, 0.1) is 29.5 Å². The topological polar surface area (TPSA) is 62.7 Å². The molecule has 1 aromatic heterocycles. The van der Waals surface area contributed by atoms with E-state index >= 15 is 0 Å². The van der Waals surface area contributed by atoms with E-state index in [0.29, 0.717) is 40.6 Å². The summed E-state index contributed by atoms with van der Waals surface area (Å²) in [7, 11) is 0. The minimum absolute atomic E-state index is 0.156. The van der Waals surface area contributed by atoms with Crippen LogP contribution in [-0.4, -0.2) is 33.1 Å². The number of hydrogen-bond acceptors (Lipinski definition) is 4. The van der Waals surface area contributed by atoms with Crippen LogP contribution >= 0.6 is 39.1 Å². The van der Waals surface area contributed by atoms with Crippen molar-refractivity contribution in [1.29, 1.82) is 0 Å². The van der Waals surface area contributed by atoms with Crippen LogP contribution in [-0.2, 0) is 17.0 Å². The standard InChI is InChI=1S/C25H21BrCl2N2O3/c26-16-3-10-23-22(11-16)24(32)30(14-19-7-6-18(28)13-29-19)25(23,15-1-4-17(27)5-2-15)33-21-9-8-20(31)12-21/h1-7,10-11,13,20-21,31H,8-9,12,14H2/t20-,21-,25?/m0/s1. The molecule has 0 bridgehead atoms. The van der Waals surface area contributed by atoms with Crippen molar-refractivity contribution in [3.05, 3.63) is 97.7 Å². The van der Waals surface area contributed by atoms with Crippen molar-refractivity contribution in [2.75, 3.05) is 0 Å². The van der Waals surface area contributed by atoms with Crippen LogP contribution in [0.25, 0.3) is 0 Å². The van der Waals surface area contributed by atoms with E-state index < -0.39 is 11.8 Å². The van der Waals surface area contributed by atoms with Crippen LogP contribution in [0, 0.1) is 0 Å². The number of aliphatic hydroxyl groups excluding tert-OH is 1. The zero-order valence-corrected chi connectivity index (χ0v) is 20.6. The quantitative estimate of drug-likeness (QED) is 0.429. The smallest absolute Gasteiger partial charge is 0.257 e. The summed E-state index contributed by atoms with van der Waals surface area (Å²) in [6.07, 6.45) is 2.84. The molecule has 2 aliphatic rings. The van der Waals surface area contributed by atoms with Gasteiger partial charge in [-0.2, -0.15) is 0 Å². The Morgan fingerprint density at radius 3 is 2.52 bits per heavy atom. The van der Waals surface area contributed by atoms with E-state index in [0.717, 1.165) is 15.6 Å². The number of nitrogens with zero attached hydrogens (tertiary/aromatic N) is 2. The number of carbonyl (C=O) groups excluding carboxylic acids is 1. The van der Waals surface area contributed by atoms with Gasteiger partial charge in [-0.1, -0.05) is 57.3 Å². The van der Waals surface area contributed by atoms with Crippen LogP contribution in [0.15, 0.2) is 65.3 Å². The summed E-state index contributed by atoms with van der Waals surface area (Å²) in [5.74, 6) is -0.156. The average Bonchev–Trinajstić information content (AvgIpc) is 3.30. The molecule has 0 radical (unpaired) electrons. The van der Waals surface area contributed by atoms with Crippen LogP contribution in [0.1, 0.15) is 46.4 Å². The number of carbonyl (C=O) groups is 1. The zero-order chi connectivity index (χ0) is 23.2. The fourth-order valence-corrected chi connectivity index (χ4v) is 5.31. The van der Waals surface area contributed by atoms with E-state index in [1.165, 1.54) is 0 Å². The molecule has 1 amide bonds. The molecule has 33 heavy (non-hydrogen) atoms. The SMILES string of the molecule is O=C1c2cc(Br)ccc2C(O[C@H]2CC[C@H](O)C2)(c2ccc(Cl)cc2)N1Cc1ccc(Cl)cn1. The van der Waals surface area contributed by atoms with Gasteiger partial charge in [-0.25, -0.2) is 0 Å². The third-order valence-electron chi connectivity index (χ3n) is 6.24. The van der Waals surface area contributed by atoms with Crippen molar-refractivity contribution in [3.8, 4) is 0 Å². The Morgan fingerprint density at radius 1 is 1.09 bits per heavy atom. The third-order valence-corrected chi connectivity index (χ3v) is 7.21. The molecule has 1 aliphatic heterocycles. The minimum atomic E-state index is -1.19. The number of halogens is 3. The second kappa shape index (κ2) is 9.01. The first-order valence-corrected chi connectivity index (χ1v) is 12.3. The molecule has 8 heteroatoms. The van der Waals surface area contributed by atoms with Gasteiger partial charge >= 0.3 is 0 Å². The molecule has 170 valence electrons. The molecule has 0 spiro atoms. The van der Waals surface area contributed by atoms with Gasteiger partial charge in [0.1, 0.15) is 0 Å². The molecule has 1 aliphatic carbocycles. The summed E-state index contributed by atoms with van der Waals surface area (Å²) >= 11 is 15.7. The number of fused-ring (bicyclic) bond motifs is 1. The number of aliphatic hydroxyl groups is 1. The monoisotopic (exact) mass is 546 g/mol. The van der Waals surface area contributed by atoms with Gasteiger partial charge in [0.25, 0.3) is 5.91 Å². The first-order valence-electron chi connectivity index (χ1n) is 10.7. The van der Waals surface area contributed by atoms with Crippen molar-refractivity contribution in [2.45, 2.75) is 43.7 Å². The largest absolute Gasteiger partial charge is 0.393 e. The summed E-state index contributed by atoms with van der Waals surface area (Å²) < 4.78 is 7.64. The lowest BCUT2D eigenvalue weighted by Crippen LogP contribution is -2.48. The average molecular weight is 548 g/mol. The normalized spacial score (nSPS) is 24.4. The second-order valence-electron chi connectivity index (χ2n) is 8.41. The Hall–Kier alpha value is -1.96. The lowest BCUT2D eigenvalue weighted by atomic mass is 9.93. The van der Waals surface area contributed by atoms with Crippen molar-refractivity contribution >= 4 is 45.0 Å². The highest BCUT2D eigenvalue weighted by Crippen LogP contribution is 2.48. The second-order valence-corrected chi connectivity index (χ2v) is 10.2. The molecule has 2 heterocycles. The molecule has 3 atom stereocenters. The van der Waals surface area contributed by atoms with Crippen LogP contribution < -0.4 is 0 Å². The van der Waals surface area contributed by atoms with E-state index in [4.69, 9.17) is 27.9 Å². The highest BCUT2D eigenvalue weighted by molar-refractivity contribution is 9.10. The van der Waals surface area contributed by atoms with Crippen LogP contribution in [0.4, 0.5) is 0 Å². The van der Waals surface area contributed by atoms with E-state index in [9.17, 15) is 9.90 Å². The number of hydrogen-bond donors (Lipinski definition) is 1. The van der Waals surface area contributed by atoms with Crippen LogP contribution in [0.5, 0.6) is 0 Å². The number of rotatable bonds is 5. The summed E-state index contributed by atoms with van der Waals surface area (Å²) in [6, 6.07) is 16.6. The lowest BCUT2D eigenvalue weighted by Gasteiger charge is -2.41. The maximum Gasteiger partial charge on any atom is 0.257 e. The number of pyridine rings is 1. The van der Waals surface area contributed by atoms with E-state index in [-0.39, 0.29) is 18.6 Å². The number of amides is 1. The Labute approximate surface area is 210 Å². The van der Waals surface area contributed by atoms with E-state index in [1.807, 2.05) is 30.3 Å². The van der Waals surface area contributed by atoms with Crippen LogP contribution in [0.2, 0.25) is 10.0 Å². The number of ether oxygens (including phenoxy) is 1. The molecule has 5 rings (SSSR count). The lowest BCUT2D eigenvalue weighted by molar-refractivity contribution is -0.147. The molecule has 1 N–H and O–H groups in total. The van der Waals surface area contributed by atoms with Gasteiger partial charge in [0, 0.05) is 32.4 Å². The predicted molar refractivity (Wildman–Crippen MR) is 130 cm³/mol. The Balaban J connectivity index is 1.69. The van der Waals surface area contributed by atoms with E-state index in [2.05, 4.69) is 20.9 Å². The van der Waals surface area contributed by atoms with Gasteiger partial charge in [-0.3, -0.25) is 14.7 Å². The third kappa shape index (κ3) is 4.19. The highest BCUT2D eigenvalue weighted by Gasteiger charge is 2.54. The van der Waals surface area contributed by atoms with Crippen molar-refractivity contribution in [1.82, 2.24) is 9.88 Å². The van der Waals surface area contributed by atoms with Gasteiger partial charge in [0.2, 0.25) is 0 Å². The summed E-state index contributed by atoms with van der Waals surface area (Å²) in [6.45, 7) is 0.222. The van der Waals surface area contributed by atoms with E-state index in [1.54, 1.807) is 35.4 Å². The number of benzene rings is 2. The van der Waals surface area contributed by atoms with Crippen LogP contribution in [0.3, 0.4) is 0 Å². The van der Waals surface area contributed by atoms with Gasteiger partial charge < -0.3 is 9.84 Å². The molecule has 3 aromatic rings. The molecule has 5 nitrogen and oxygen atoms in total. The van der Waals surface area contributed by atoms with Gasteiger partial charge in [-0.05, 0) is 55.7 Å². The molecule has 2 aromatic carbocycles.